The number of anilines is 2. The van der Waals surface area contributed by atoms with Crippen LogP contribution in [0.4, 0.5) is 22.7 Å². The van der Waals surface area contributed by atoms with Crippen LogP contribution >= 0.6 is 0 Å². The minimum Gasteiger partial charge on any atom is -0.505 e. The summed E-state index contributed by atoms with van der Waals surface area (Å²) in [6, 6.07) is 17.8. The second-order valence-electron chi connectivity index (χ2n) is 9.42. The Labute approximate surface area is 250 Å². The van der Waals surface area contributed by atoms with Gasteiger partial charge in [-0.05, 0) is 58.8 Å². The lowest BCUT2D eigenvalue weighted by molar-refractivity contribution is 0.472. The van der Waals surface area contributed by atoms with Crippen molar-refractivity contribution in [3.05, 3.63) is 84.4 Å². The van der Waals surface area contributed by atoms with Crippen molar-refractivity contribution in [1.29, 1.82) is 0 Å². The number of aromatic hydroxyl groups is 1. The highest BCUT2D eigenvalue weighted by molar-refractivity contribution is 7.86. The van der Waals surface area contributed by atoms with Gasteiger partial charge >= 0.3 is 0 Å². The average Bonchev–Trinajstić information content (AvgIpc) is 2.94. The molecule has 5 aromatic carbocycles. The van der Waals surface area contributed by atoms with E-state index in [-0.39, 0.29) is 33.3 Å². The fraction of sp³-hybridized carbons (Fsp3) is 0.0370. The van der Waals surface area contributed by atoms with Gasteiger partial charge in [0.25, 0.3) is 30.4 Å². The van der Waals surface area contributed by atoms with E-state index in [4.69, 9.17) is 5.73 Å². The summed E-state index contributed by atoms with van der Waals surface area (Å²) in [6.45, 7) is 0.0641. The van der Waals surface area contributed by atoms with Gasteiger partial charge in [0.15, 0.2) is 5.75 Å². The highest BCUT2D eigenvalue weighted by Gasteiger charge is 2.24. The van der Waals surface area contributed by atoms with Crippen molar-refractivity contribution in [1.82, 2.24) is 0 Å². The summed E-state index contributed by atoms with van der Waals surface area (Å²) in [4.78, 5) is -1.85. The summed E-state index contributed by atoms with van der Waals surface area (Å²) in [5, 5.41) is 22.3. The second kappa shape index (κ2) is 11.2. The van der Waals surface area contributed by atoms with E-state index >= 15 is 0 Å². The molecule has 14 nitrogen and oxygen atoms in total. The number of nitrogens with zero attached hydrogens (tertiary/aromatic N) is 2. The predicted octanol–water partition coefficient (Wildman–Crippen LogP) is 5.06. The maximum atomic E-state index is 12.4. The summed E-state index contributed by atoms with van der Waals surface area (Å²) in [7, 11) is -14.4. The van der Waals surface area contributed by atoms with Crippen molar-refractivity contribution in [2.75, 3.05) is 5.32 Å². The van der Waals surface area contributed by atoms with E-state index in [2.05, 4.69) is 15.5 Å². The Kier molecular flexibility index (Phi) is 7.89. The maximum absolute atomic E-state index is 12.4. The third-order valence-electron chi connectivity index (χ3n) is 6.57. The van der Waals surface area contributed by atoms with Crippen LogP contribution in [0.25, 0.3) is 21.5 Å². The van der Waals surface area contributed by atoms with E-state index in [1.54, 1.807) is 6.07 Å². The number of phenols is 1. The molecule has 0 saturated heterocycles. The molecule has 0 radical (unpaired) electrons. The standard InChI is InChI=1S/C27H22N4O10S3/c28-14-16-3-1-6-21-20(16)9-10-23(27(21)44(39,40)41)30-31-25-24(43(36,37)38)11-15-7-8-18(13-22(15)26(25)32)29-17-4-2-5-19(12-17)42(33,34)35/h1-13,29,32H,14,28H2,(H,33,34,35)(H,36,37,38)(H,39,40,41). The van der Waals surface area contributed by atoms with Crippen LogP contribution in [-0.4, -0.2) is 44.0 Å². The first-order valence-electron chi connectivity index (χ1n) is 12.3. The zero-order valence-corrected chi connectivity index (χ0v) is 24.6. The molecule has 5 rings (SSSR count). The number of phenolic OH excluding ortho intramolecular Hbond substituents is 1. The van der Waals surface area contributed by atoms with E-state index in [1.165, 1.54) is 60.7 Å². The summed E-state index contributed by atoms with van der Waals surface area (Å²) in [5.74, 6) is -0.756. The average molecular weight is 659 g/mol. The number of nitrogens with one attached hydrogen (secondary N) is 1. The Balaban J connectivity index is 1.67. The summed E-state index contributed by atoms with van der Waals surface area (Å²) in [5.41, 5.74) is 5.73. The number of azo groups is 1. The van der Waals surface area contributed by atoms with Crippen LogP contribution in [0.15, 0.2) is 104 Å². The van der Waals surface area contributed by atoms with Gasteiger partial charge in [0, 0.05) is 28.7 Å². The van der Waals surface area contributed by atoms with Crippen molar-refractivity contribution in [2.24, 2.45) is 16.0 Å². The van der Waals surface area contributed by atoms with Crippen LogP contribution in [-0.2, 0) is 36.9 Å². The number of hydrogen-bond donors (Lipinski definition) is 6. The molecule has 0 spiro atoms. The third-order valence-corrected chi connectivity index (χ3v) is 9.23. The second-order valence-corrected chi connectivity index (χ2v) is 13.6. The number of hydrogen-bond acceptors (Lipinski definition) is 11. The molecule has 0 aromatic heterocycles. The molecule has 0 amide bonds. The molecule has 0 bridgehead atoms. The number of rotatable bonds is 8. The molecule has 7 N–H and O–H groups in total. The van der Waals surface area contributed by atoms with Gasteiger partial charge in [0.2, 0.25) is 0 Å². The molecule has 0 aliphatic carbocycles. The van der Waals surface area contributed by atoms with Gasteiger partial charge < -0.3 is 16.2 Å². The van der Waals surface area contributed by atoms with Gasteiger partial charge in [0.05, 0.1) is 4.90 Å². The first-order chi connectivity index (χ1) is 20.6. The van der Waals surface area contributed by atoms with Crippen molar-refractivity contribution in [2.45, 2.75) is 21.2 Å². The Hall–Kier alpha value is -4.49. The lowest BCUT2D eigenvalue weighted by Gasteiger charge is -2.12. The van der Waals surface area contributed by atoms with Gasteiger partial charge in [-0.2, -0.15) is 25.3 Å². The molecular weight excluding hydrogens is 637 g/mol. The molecule has 228 valence electrons. The highest BCUT2D eigenvalue weighted by Crippen LogP contribution is 2.43. The number of nitrogens with two attached hydrogens (primary N) is 1. The van der Waals surface area contributed by atoms with Crippen molar-refractivity contribution < 1.29 is 44.0 Å². The van der Waals surface area contributed by atoms with E-state index in [0.29, 0.717) is 16.6 Å². The Morgan fingerprint density at radius 3 is 2.05 bits per heavy atom. The fourth-order valence-electron chi connectivity index (χ4n) is 4.63. The van der Waals surface area contributed by atoms with Crippen molar-refractivity contribution in [3.8, 4) is 5.75 Å². The lowest BCUT2D eigenvalue weighted by Crippen LogP contribution is -2.02. The Morgan fingerprint density at radius 2 is 1.39 bits per heavy atom. The molecule has 44 heavy (non-hydrogen) atoms. The molecule has 0 unspecified atom stereocenters. The molecule has 17 heteroatoms. The third kappa shape index (κ3) is 6.10. The molecule has 0 heterocycles. The first kappa shape index (κ1) is 31.0. The van der Waals surface area contributed by atoms with Gasteiger partial charge in [-0.1, -0.05) is 36.4 Å². The van der Waals surface area contributed by atoms with E-state index in [9.17, 15) is 44.0 Å². The molecule has 0 atom stereocenters. The van der Waals surface area contributed by atoms with Gasteiger partial charge in [0.1, 0.15) is 21.2 Å². The summed E-state index contributed by atoms with van der Waals surface area (Å²) in [6.07, 6.45) is 0. The van der Waals surface area contributed by atoms with E-state index in [0.717, 1.165) is 12.1 Å². The topological polar surface area (TPSA) is 246 Å². The maximum Gasteiger partial charge on any atom is 0.297 e. The normalized spacial score (nSPS) is 12.7. The molecular formula is C27H22N4O10S3. The largest absolute Gasteiger partial charge is 0.505 e. The van der Waals surface area contributed by atoms with Gasteiger partial charge in [-0.3, -0.25) is 13.7 Å². The quantitative estimate of drug-likeness (QED) is 0.0946. The van der Waals surface area contributed by atoms with E-state index in [1.807, 2.05) is 0 Å². The Bertz CT molecular complexity index is 2340. The monoisotopic (exact) mass is 658 g/mol. The molecule has 5 aromatic rings. The van der Waals surface area contributed by atoms with Crippen LogP contribution < -0.4 is 11.1 Å². The smallest absolute Gasteiger partial charge is 0.297 e. The number of benzene rings is 5. The van der Waals surface area contributed by atoms with E-state index < -0.39 is 57.3 Å². The minimum absolute atomic E-state index is 0.0170. The zero-order chi connectivity index (χ0) is 32.0. The minimum atomic E-state index is -5.00. The molecule has 0 aliphatic heterocycles. The zero-order valence-electron chi connectivity index (χ0n) is 22.1. The van der Waals surface area contributed by atoms with Crippen molar-refractivity contribution >= 4 is 74.6 Å². The van der Waals surface area contributed by atoms with Crippen molar-refractivity contribution in [3.63, 3.8) is 0 Å². The predicted molar refractivity (Wildman–Crippen MR) is 161 cm³/mol. The molecule has 0 aliphatic rings. The number of fused-ring (bicyclic) bond motifs is 2. The Morgan fingerprint density at radius 1 is 0.682 bits per heavy atom. The first-order valence-corrected chi connectivity index (χ1v) is 16.7. The van der Waals surface area contributed by atoms with Gasteiger partial charge in [-0.15, -0.1) is 10.2 Å². The van der Waals surface area contributed by atoms with Crippen LogP contribution in [0.1, 0.15) is 5.56 Å². The summed E-state index contributed by atoms with van der Waals surface area (Å²) >= 11 is 0. The van der Waals surface area contributed by atoms with Crippen LogP contribution in [0.3, 0.4) is 0 Å². The van der Waals surface area contributed by atoms with Crippen LogP contribution in [0.2, 0.25) is 0 Å². The fourth-order valence-corrected chi connectivity index (χ4v) is 6.64. The highest BCUT2D eigenvalue weighted by atomic mass is 32.2. The SMILES string of the molecule is NCc1cccc2c(S(=O)(=O)O)c(N=Nc3c(S(=O)(=O)O)cc4ccc(Nc5cccc(S(=O)(=O)O)c5)cc4c3O)ccc12. The molecule has 0 saturated carbocycles. The molecule has 0 fully saturated rings. The summed E-state index contributed by atoms with van der Waals surface area (Å²) < 4.78 is 102. The van der Waals surface area contributed by atoms with Crippen LogP contribution in [0, 0.1) is 0 Å². The lowest BCUT2D eigenvalue weighted by atomic mass is 10.0. The van der Waals surface area contributed by atoms with Crippen LogP contribution in [0.5, 0.6) is 5.75 Å². The van der Waals surface area contributed by atoms with Gasteiger partial charge in [-0.25, -0.2) is 0 Å².